The number of halogens is 6. The minimum atomic E-state index is -5.08. The summed E-state index contributed by atoms with van der Waals surface area (Å²) >= 11 is 0. The maximum atomic E-state index is 12.8. The number of hydrogen-bond acceptors (Lipinski definition) is 14. The van der Waals surface area contributed by atoms with E-state index in [2.05, 4.69) is 21.3 Å². The molecular formula is C38H50F6N4O14S2. The van der Waals surface area contributed by atoms with Gasteiger partial charge in [-0.15, -0.1) is 0 Å². The normalized spacial score (nSPS) is 18.5. The highest BCUT2D eigenvalue weighted by Crippen LogP contribution is 2.38. The second-order valence-electron chi connectivity index (χ2n) is 14.4. The number of carboxylic acids is 2. The Morgan fingerprint density at radius 1 is 0.625 bits per heavy atom. The summed E-state index contributed by atoms with van der Waals surface area (Å²) < 4.78 is 124. The first kappa shape index (κ1) is 56.7. The number of alkyl halides is 6. The van der Waals surface area contributed by atoms with Crippen LogP contribution in [0.2, 0.25) is 0 Å². The van der Waals surface area contributed by atoms with Crippen LogP contribution in [0.3, 0.4) is 0 Å². The zero-order valence-electron chi connectivity index (χ0n) is 35.6. The maximum Gasteiger partial charge on any atom is 0.490 e. The Bertz CT molecular complexity index is 2080. The van der Waals surface area contributed by atoms with Gasteiger partial charge in [-0.05, 0) is 101 Å². The first-order valence-corrected chi connectivity index (χ1v) is 21.9. The Hall–Kier alpha value is -5.34. The van der Waals surface area contributed by atoms with E-state index < -0.39 is 78.4 Å². The summed E-state index contributed by atoms with van der Waals surface area (Å²) in [5.41, 5.74) is 1.94. The Morgan fingerprint density at radius 2 is 0.906 bits per heavy atom. The molecule has 2 amide bonds. The van der Waals surface area contributed by atoms with Crippen molar-refractivity contribution in [3.05, 3.63) is 47.5 Å². The summed E-state index contributed by atoms with van der Waals surface area (Å²) in [5.74, 6) is -7.73. The van der Waals surface area contributed by atoms with Crippen LogP contribution in [0.5, 0.6) is 0 Å². The lowest BCUT2D eigenvalue weighted by Gasteiger charge is -2.23. The molecule has 2 aliphatic rings. The van der Waals surface area contributed by atoms with Gasteiger partial charge in [0.15, 0.2) is 19.7 Å². The molecule has 6 N–H and O–H groups in total. The number of amides is 2. The Kier molecular flexibility index (Phi) is 20.9. The number of sulfone groups is 2. The van der Waals surface area contributed by atoms with Crippen molar-refractivity contribution in [3.8, 4) is 0 Å². The lowest BCUT2D eigenvalue weighted by Crippen LogP contribution is -2.27. The van der Waals surface area contributed by atoms with Gasteiger partial charge in [0.05, 0.1) is 46.3 Å². The fourth-order valence-corrected chi connectivity index (χ4v) is 8.60. The highest BCUT2D eigenvalue weighted by atomic mass is 32.2. The van der Waals surface area contributed by atoms with Gasteiger partial charge in [0.1, 0.15) is 0 Å². The molecule has 4 atom stereocenters. The van der Waals surface area contributed by atoms with E-state index in [0.717, 1.165) is 0 Å². The molecule has 2 aromatic rings. The van der Waals surface area contributed by atoms with Crippen molar-refractivity contribution in [1.29, 1.82) is 0 Å². The molecule has 0 unspecified atom stereocenters. The number of rotatable bonds is 10. The maximum absolute atomic E-state index is 12.8. The van der Waals surface area contributed by atoms with Gasteiger partial charge in [-0.2, -0.15) is 26.3 Å². The summed E-state index contributed by atoms with van der Waals surface area (Å²) in [6.45, 7) is 10.4. The quantitative estimate of drug-likeness (QED) is 0.141. The third-order valence-corrected chi connectivity index (χ3v) is 13.6. The number of aliphatic carboxylic acids is 2. The molecule has 360 valence electrons. The van der Waals surface area contributed by atoms with Gasteiger partial charge in [0.25, 0.3) is 0 Å². The summed E-state index contributed by atoms with van der Waals surface area (Å²) in [7, 11) is -4.47. The highest BCUT2D eigenvalue weighted by molar-refractivity contribution is 7.92. The van der Waals surface area contributed by atoms with E-state index in [-0.39, 0.29) is 33.5 Å². The summed E-state index contributed by atoms with van der Waals surface area (Å²) in [6.07, 6.45) is -9.05. The zero-order chi connectivity index (χ0) is 49.7. The molecule has 0 aromatic heterocycles. The second kappa shape index (κ2) is 23.5. The fourth-order valence-electron chi connectivity index (χ4n) is 6.04. The lowest BCUT2D eigenvalue weighted by molar-refractivity contribution is -0.193. The number of benzene rings is 2. The number of anilines is 2. The van der Waals surface area contributed by atoms with Crippen molar-refractivity contribution in [1.82, 2.24) is 10.6 Å². The van der Waals surface area contributed by atoms with Crippen LogP contribution in [0.15, 0.2) is 46.2 Å². The van der Waals surface area contributed by atoms with Gasteiger partial charge < -0.3 is 41.0 Å². The molecule has 64 heavy (non-hydrogen) atoms. The van der Waals surface area contributed by atoms with E-state index in [1.54, 1.807) is 52.0 Å². The summed E-state index contributed by atoms with van der Waals surface area (Å²) in [5, 5.41) is 24.7. The van der Waals surface area contributed by atoms with Crippen LogP contribution in [0.4, 0.5) is 37.7 Å². The molecule has 2 saturated heterocycles. The smallest absolute Gasteiger partial charge is 0.475 e. The van der Waals surface area contributed by atoms with Gasteiger partial charge in [0, 0.05) is 37.3 Å². The fraction of sp³-hybridized carbons (Fsp3) is 0.526. The van der Waals surface area contributed by atoms with E-state index in [4.69, 9.17) is 29.3 Å². The number of nitrogens with one attached hydrogen (secondary N) is 4. The highest BCUT2D eigenvalue weighted by Gasteiger charge is 2.41. The summed E-state index contributed by atoms with van der Waals surface area (Å²) in [4.78, 5) is 65.0. The van der Waals surface area contributed by atoms with Crippen molar-refractivity contribution in [2.45, 2.75) is 99.1 Å². The number of carboxylic acid groups (broad SMARTS) is 2. The number of hydrogen-bond donors (Lipinski definition) is 6. The zero-order valence-corrected chi connectivity index (χ0v) is 37.3. The van der Waals surface area contributed by atoms with Crippen LogP contribution in [0.1, 0.15) is 77.6 Å². The predicted molar refractivity (Wildman–Crippen MR) is 215 cm³/mol. The third kappa shape index (κ3) is 16.0. The minimum Gasteiger partial charge on any atom is -0.475 e. The van der Waals surface area contributed by atoms with Crippen LogP contribution >= 0.6 is 0 Å². The molecule has 4 rings (SSSR count). The van der Waals surface area contributed by atoms with Gasteiger partial charge in [-0.3, -0.25) is 19.2 Å². The van der Waals surface area contributed by atoms with Crippen LogP contribution in [0, 0.1) is 11.8 Å². The standard InChI is InChI=1S/2C17H24N2O5S.2C2HF3O2/c2*1-10(2)25(22,23)15-6-5-12(19-11(3)20)9-14(15)16-13(7-8-18-16)17(21)24-4;2*3-2(4,5)1(6)7/h2*5-6,9-10,13,16,18H,7-8H2,1-4H3,(H,19,20);2*(H,6,7)/t13-,16+;13-,16-;;/m10../s1. The molecule has 2 heterocycles. The van der Waals surface area contributed by atoms with Gasteiger partial charge in [-0.1, -0.05) is 0 Å². The monoisotopic (exact) mass is 964 g/mol. The molecule has 2 aromatic carbocycles. The van der Waals surface area contributed by atoms with Crippen LogP contribution < -0.4 is 21.3 Å². The van der Waals surface area contributed by atoms with Gasteiger partial charge in [0.2, 0.25) is 11.8 Å². The molecule has 0 saturated carbocycles. The van der Waals surface area contributed by atoms with Crippen LogP contribution in [-0.4, -0.2) is 113 Å². The van der Waals surface area contributed by atoms with Crippen LogP contribution in [-0.2, 0) is 57.9 Å². The van der Waals surface area contributed by atoms with Crippen molar-refractivity contribution in [2.75, 3.05) is 37.9 Å². The van der Waals surface area contributed by atoms with Crippen molar-refractivity contribution < 1.29 is 91.6 Å². The Morgan fingerprint density at radius 3 is 1.12 bits per heavy atom. The number of carbonyl (C=O) groups excluding carboxylic acids is 4. The number of esters is 2. The van der Waals surface area contributed by atoms with E-state index in [0.29, 0.717) is 48.4 Å². The topological polar surface area (TPSA) is 278 Å². The van der Waals surface area contributed by atoms with E-state index in [1.165, 1.54) is 40.2 Å². The predicted octanol–water partition coefficient (Wildman–Crippen LogP) is 4.57. The average molecular weight is 965 g/mol. The van der Waals surface area contributed by atoms with Crippen molar-refractivity contribution >= 4 is 66.7 Å². The molecule has 2 aliphatic heterocycles. The van der Waals surface area contributed by atoms with Gasteiger partial charge >= 0.3 is 36.2 Å². The third-order valence-electron chi connectivity index (χ3n) is 9.12. The molecule has 0 spiro atoms. The molecule has 0 aliphatic carbocycles. The number of methoxy groups -OCH3 is 2. The lowest BCUT2D eigenvalue weighted by atomic mass is 9.94. The number of ether oxygens (including phenoxy) is 2. The first-order valence-electron chi connectivity index (χ1n) is 18.8. The minimum absolute atomic E-state index is 0.171. The number of carbonyl (C=O) groups is 6. The largest absolute Gasteiger partial charge is 0.490 e. The van der Waals surface area contributed by atoms with Crippen molar-refractivity contribution in [2.24, 2.45) is 11.8 Å². The Labute approximate surface area is 364 Å². The molecule has 0 radical (unpaired) electrons. The second-order valence-corrected chi connectivity index (χ2v) is 19.3. The molecule has 26 heteroatoms. The molecule has 2 fully saturated rings. The van der Waals surface area contributed by atoms with Gasteiger partial charge in [-0.25, -0.2) is 26.4 Å². The molecular weight excluding hydrogens is 915 g/mol. The van der Waals surface area contributed by atoms with E-state index >= 15 is 0 Å². The first-order chi connectivity index (χ1) is 29.2. The Balaban J connectivity index is 0.000000494. The van der Waals surface area contributed by atoms with Crippen molar-refractivity contribution in [3.63, 3.8) is 0 Å². The molecule has 0 bridgehead atoms. The SMILES string of the molecule is COC(=O)[C@@H]1CCN[C@@H]1c1cc(NC(C)=O)ccc1S(=O)(=O)C(C)C.COC(=O)[C@H]1CCN[C@@H]1c1cc(NC(C)=O)ccc1S(=O)(=O)C(C)C.O=C(O)C(F)(F)F.O=C(O)C(F)(F)F. The van der Waals surface area contributed by atoms with E-state index in [1.807, 2.05) is 0 Å². The molecule has 18 nitrogen and oxygen atoms in total. The van der Waals surface area contributed by atoms with E-state index in [9.17, 15) is 62.4 Å². The summed E-state index contributed by atoms with van der Waals surface area (Å²) in [6, 6.07) is 8.37. The average Bonchev–Trinajstić information content (AvgIpc) is 3.88. The van der Waals surface area contributed by atoms with Crippen LogP contribution in [0.25, 0.3) is 0 Å².